The second-order valence-electron chi connectivity index (χ2n) is 22.8. The van der Waals surface area contributed by atoms with Gasteiger partial charge in [0.1, 0.15) is 36.6 Å². The monoisotopic (exact) mass is 910 g/mol. The molecule has 0 bridgehead atoms. The Bertz CT molecular complexity index is 1800. The highest BCUT2D eigenvalue weighted by Crippen LogP contribution is 2.89. The van der Waals surface area contributed by atoms with Gasteiger partial charge in [-0.1, -0.05) is 27.7 Å². The number of carbonyl (C=O) groups excluding carboxylic acids is 3. The lowest BCUT2D eigenvalue weighted by molar-refractivity contribution is -0.339. The molecule has 64 heavy (non-hydrogen) atoms. The summed E-state index contributed by atoms with van der Waals surface area (Å²) in [5, 5.41) is 65.2. The maximum atomic E-state index is 13.0. The Kier molecular flexibility index (Phi) is 12.3. The Balaban J connectivity index is 1.17. The van der Waals surface area contributed by atoms with Crippen LogP contribution >= 0.6 is 0 Å². The molecular formula is C47H74O17. The molecule has 3 heterocycles. The van der Waals surface area contributed by atoms with E-state index in [1.165, 1.54) is 20.8 Å². The molecule has 17 heteroatoms. The van der Waals surface area contributed by atoms with Crippen molar-refractivity contribution in [2.45, 2.75) is 218 Å². The lowest BCUT2D eigenvalue weighted by atomic mass is 9.41. The van der Waals surface area contributed by atoms with E-state index in [9.17, 15) is 45.0 Å². The first-order valence-corrected chi connectivity index (χ1v) is 23.5. The first kappa shape index (κ1) is 48.4. The van der Waals surface area contributed by atoms with Crippen LogP contribution in [0.5, 0.6) is 0 Å². The molecule has 364 valence electrons. The van der Waals surface area contributed by atoms with Crippen molar-refractivity contribution in [3.63, 3.8) is 0 Å². The van der Waals surface area contributed by atoms with Crippen molar-refractivity contribution in [3.8, 4) is 0 Å². The molecule has 2 spiro atoms. The Morgan fingerprint density at radius 1 is 0.719 bits per heavy atom. The van der Waals surface area contributed by atoms with Crippen molar-refractivity contribution >= 4 is 17.9 Å². The Morgan fingerprint density at radius 2 is 1.38 bits per heavy atom. The number of hydrogen-bond acceptors (Lipinski definition) is 17. The summed E-state index contributed by atoms with van der Waals surface area (Å²) in [7, 11) is 0. The van der Waals surface area contributed by atoms with Gasteiger partial charge in [0.05, 0.1) is 42.7 Å². The average molecular weight is 911 g/mol. The number of rotatable bonds is 10. The molecule has 0 aromatic carbocycles. The van der Waals surface area contributed by atoms with Crippen molar-refractivity contribution in [2.75, 3.05) is 13.2 Å². The van der Waals surface area contributed by atoms with Gasteiger partial charge in [-0.05, 0) is 117 Å². The average Bonchev–Trinajstić information content (AvgIpc) is 3.54. The second-order valence-corrected chi connectivity index (χ2v) is 22.8. The molecule has 5 saturated carbocycles. The van der Waals surface area contributed by atoms with E-state index in [-0.39, 0.29) is 52.7 Å². The number of ether oxygens (including phenoxy) is 8. The largest absolute Gasteiger partial charge is 0.462 e. The fraction of sp³-hybridized carbons (Fsp3) is 0.936. The van der Waals surface area contributed by atoms with Crippen molar-refractivity contribution < 1.29 is 82.9 Å². The molecule has 8 fully saturated rings. The molecule has 3 aliphatic heterocycles. The standard InChI is InChI=1S/C47H74O17/c1-22(49)58-27-18-44(9)29-17-26(61-39-34(55)33(54)32(53)28(19-48)62-39)37-41(4,5)30(63-40-36(60-24(3)51)35(59-23(2)50)25(52)20-57-40)12-14-47(37)21-46(29,47)16-15-43(44,8)38(27)45(10)13-11-31(64-45)42(6,7)56/h25-40,48,52-56H,11-21H2,1-10H3/t25-,26+,27+,28-,29+,30+,31+,32-,33+,34-,35+,36-,37-,38+,39-,40+,43-,44+,45+,46+,47-/m1/s1. The minimum atomic E-state index is -1.65. The predicted molar refractivity (Wildman–Crippen MR) is 222 cm³/mol. The normalized spacial score (nSPS) is 51.8. The molecule has 21 atom stereocenters. The molecule has 17 nitrogen and oxygen atoms in total. The first-order valence-electron chi connectivity index (χ1n) is 23.5. The zero-order chi connectivity index (χ0) is 46.9. The van der Waals surface area contributed by atoms with Crippen LogP contribution in [0.4, 0.5) is 0 Å². The molecule has 3 saturated heterocycles. The maximum Gasteiger partial charge on any atom is 0.303 e. The summed E-state index contributed by atoms with van der Waals surface area (Å²) in [4.78, 5) is 37.5. The van der Waals surface area contributed by atoms with Crippen LogP contribution in [0.15, 0.2) is 0 Å². The van der Waals surface area contributed by atoms with Gasteiger partial charge in [0, 0.05) is 26.7 Å². The molecule has 0 aromatic heterocycles. The number of aliphatic hydroxyl groups is 6. The van der Waals surface area contributed by atoms with Crippen molar-refractivity contribution in [2.24, 2.45) is 44.8 Å². The molecule has 8 rings (SSSR count). The van der Waals surface area contributed by atoms with Gasteiger partial charge in [-0.15, -0.1) is 0 Å². The topological polar surface area (TPSA) is 246 Å². The fourth-order valence-corrected chi connectivity index (χ4v) is 15.8. The van der Waals surface area contributed by atoms with Crippen LogP contribution in [0, 0.1) is 44.8 Å². The second kappa shape index (κ2) is 16.3. The Labute approximate surface area is 376 Å². The van der Waals surface area contributed by atoms with Gasteiger partial charge in [-0.25, -0.2) is 0 Å². The van der Waals surface area contributed by atoms with Gasteiger partial charge in [0.15, 0.2) is 24.8 Å². The fourth-order valence-electron chi connectivity index (χ4n) is 15.8. The van der Waals surface area contributed by atoms with Gasteiger partial charge in [0.2, 0.25) is 0 Å². The summed E-state index contributed by atoms with van der Waals surface area (Å²) in [6, 6.07) is 0. The van der Waals surface area contributed by atoms with E-state index in [1.807, 2.05) is 0 Å². The van der Waals surface area contributed by atoms with Gasteiger partial charge in [0.25, 0.3) is 0 Å². The maximum absolute atomic E-state index is 13.0. The lowest BCUT2D eigenvalue weighted by Crippen LogP contribution is -2.65. The van der Waals surface area contributed by atoms with Crippen LogP contribution in [0.2, 0.25) is 0 Å². The minimum Gasteiger partial charge on any atom is -0.462 e. The van der Waals surface area contributed by atoms with Gasteiger partial charge >= 0.3 is 17.9 Å². The smallest absolute Gasteiger partial charge is 0.303 e. The molecule has 5 aliphatic carbocycles. The van der Waals surface area contributed by atoms with Crippen LogP contribution in [-0.4, -0.2) is 153 Å². The third kappa shape index (κ3) is 7.39. The number of aliphatic hydroxyl groups excluding tert-OH is 5. The SMILES string of the molecule is CC(=O)O[C@@H]1[C@@H](OC(C)=O)[C@H](O[C@H]2CC[C@]34C[C@]35CC[C@]3(C)[C@@H]([C@]6(C)CC[C@@H](C(C)(C)O)O6)[C@@H](OC(C)=O)C[C@@]3(C)[C@@H]5C[C@H](O[C@@H]3O[C@H](CO)[C@@H](O)[C@H](O)[C@H]3O)[C@@H]4C2(C)C)OC[C@H]1O. The molecule has 8 aliphatic rings. The summed E-state index contributed by atoms with van der Waals surface area (Å²) in [5.74, 6) is -2.11. The molecular weight excluding hydrogens is 837 g/mol. The van der Waals surface area contributed by atoms with Gasteiger partial charge in [-0.2, -0.15) is 0 Å². The minimum absolute atomic E-state index is 0.0253. The molecule has 0 radical (unpaired) electrons. The van der Waals surface area contributed by atoms with Crippen molar-refractivity contribution in [1.82, 2.24) is 0 Å². The van der Waals surface area contributed by atoms with E-state index in [4.69, 9.17) is 37.9 Å². The summed E-state index contributed by atoms with van der Waals surface area (Å²) < 4.78 is 50.2. The number of esters is 3. The van der Waals surface area contributed by atoms with E-state index in [1.54, 1.807) is 13.8 Å². The zero-order valence-corrected chi connectivity index (χ0v) is 39.2. The predicted octanol–water partition coefficient (Wildman–Crippen LogP) is 2.44. The van der Waals surface area contributed by atoms with Crippen LogP contribution < -0.4 is 0 Å². The van der Waals surface area contributed by atoms with Crippen LogP contribution in [0.25, 0.3) is 0 Å². The lowest BCUT2D eigenvalue weighted by Gasteiger charge is -2.65. The van der Waals surface area contributed by atoms with E-state index >= 15 is 0 Å². The van der Waals surface area contributed by atoms with Gasteiger partial charge in [-0.3, -0.25) is 14.4 Å². The Hall–Kier alpha value is -2.03. The third-order valence-electron chi connectivity index (χ3n) is 18.5. The van der Waals surface area contributed by atoms with E-state index in [0.717, 1.165) is 25.7 Å². The van der Waals surface area contributed by atoms with Crippen LogP contribution in [0.3, 0.4) is 0 Å². The van der Waals surface area contributed by atoms with Crippen molar-refractivity contribution in [3.05, 3.63) is 0 Å². The Morgan fingerprint density at radius 3 is 1.98 bits per heavy atom. The highest BCUT2D eigenvalue weighted by molar-refractivity contribution is 5.67. The number of fused-ring (bicyclic) bond motifs is 2. The van der Waals surface area contributed by atoms with Crippen molar-refractivity contribution in [1.29, 1.82) is 0 Å². The van der Waals surface area contributed by atoms with E-state index in [2.05, 4.69) is 34.6 Å². The zero-order valence-electron chi connectivity index (χ0n) is 39.2. The van der Waals surface area contributed by atoms with E-state index < -0.39 is 114 Å². The first-order chi connectivity index (χ1) is 29.7. The van der Waals surface area contributed by atoms with E-state index in [0.29, 0.717) is 32.1 Å². The summed E-state index contributed by atoms with van der Waals surface area (Å²) in [6.45, 7) is 17.5. The molecule has 0 amide bonds. The summed E-state index contributed by atoms with van der Waals surface area (Å²) >= 11 is 0. The quantitative estimate of drug-likeness (QED) is 0.105. The highest BCUT2D eigenvalue weighted by atomic mass is 16.7. The summed E-state index contributed by atoms with van der Waals surface area (Å²) in [5.41, 5.74) is -3.72. The van der Waals surface area contributed by atoms with Crippen LogP contribution in [-0.2, 0) is 52.3 Å². The molecule has 6 N–H and O–H groups in total. The van der Waals surface area contributed by atoms with Gasteiger partial charge < -0.3 is 68.5 Å². The van der Waals surface area contributed by atoms with Crippen LogP contribution in [0.1, 0.15) is 127 Å². The molecule has 0 unspecified atom stereocenters. The third-order valence-corrected chi connectivity index (χ3v) is 18.5. The number of carbonyl (C=O) groups is 3. The molecule has 0 aromatic rings. The highest BCUT2D eigenvalue weighted by Gasteiger charge is 2.85. The number of hydrogen-bond donors (Lipinski definition) is 6. The summed E-state index contributed by atoms with van der Waals surface area (Å²) in [6.07, 6.45) is -8.04.